The monoisotopic (exact) mass is 293 g/mol. The lowest BCUT2D eigenvalue weighted by Gasteiger charge is -2.29. The molecule has 0 bridgehead atoms. The van der Waals surface area contributed by atoms with Gasteiger partial charge in [-0.15, -0.1) is 0 Å². The highest BCUT2D eigenvalue weighted by Crippen LogP contribution is 2.31. The van der Waals surface area contributed by atoms with Crippen LogP contribution in [-0.2, 0) is 9.53 Å². The van der Waals surface area contributed by atoms with E-state index in [0.717, 1.165) is 19.4 Å². The number of nitrogens with one attached hydrogen (secondary N) is 2. The molecule has 1 heterocycles. The number of hydrogen-bond donors (Lipinski definition) is 2. The number of carbonyl (C=O) groups excluding carboxylic acids is 1. The third-order valence-electron chi connectivity index (χ3n) is 3.76. The van der Waals surface area contributed by atoms with Gasteiger partial charge < -0.3 is 20.3 Å². The first kappa shape index (κ1) is 14.3. The van der Waals surface area contributed by atoms with E-state index in [1.807, 2.05) is 11.9 Å². The Morgan fingerprint density at radius 2 is 2.24 bits per heavy atom. The number of para-hydroxylation sites is 1. The number of hydrogen-bond acceptors (Lipinski definition) is 4. The number of carbonyl (C=O) groups is 1. The fraction of sp³-hybridized carbons (Fsp3) is 0.533. The average Bonchev–Trinajstić information content (AvgIpc) is 3.26. The van der Waals surface area contributed by atoms with E-state index in [9.17, 15) is 9.18 Å². The minimum atomic E-state index is -0.558. The fourth-order valence-electron chi connectivity index (χ4n) is 2.36. The largest absolute Gasteiger partial charge is 0.381 e. The molecule has 0 aromatic heterocycles. The van der Waals surface area contributed by atoms with Gasteiger partial charge in [0.15, 0.2) is 0 Å². The van der Waals surface area contributed by atoms with Crippen molar-refractivity contribution >= 4 is 17.3 Å². The molecule has 0 spiro atoms. The van der Waals surface area contributed by atoms with Crippen molar-refractivity contribution in [2.75, 3.05) is 37.4 Å². The summed E-state index contributed by atoms with van der Waals surface area (Å²) in [7, 11) is 1.94. The van der Waals surface area contributed by atoms with Crippen LogP contribution in [0.2, 0.25) is 0 Å². The lowest BCUT2D eigenvalue weighted by Crippen LogP contribution is -2.46. The third-order valence-corrected chi connectivity index (χ3v) is 3.76. The maximum atomic E-state index is 14.0. The van der Waals surface area contributed by atoms with Crippen molar-refractivity contribution in [2.24, 2.45) is 0 Å². The molecule has 1 atom stereocenters. The van der Waals surface area contributed by atoms with E-state index in [2.05, 4.69) is 10.6 Å². The van der Waals surface area contributed by atoms with Gasteiger partial charge in [-0.1, -0.05) is 6.07 Å². The van der Waals surface area contributed by atoms with Crippen molar-refractivity contribution in [3.8, 4) is 0 Å². The van der Waals surface area contributed by atoms with Gasteiger partial charge in [-0.3, -0.25) is 4.79 Å². The molecule has 1 aliphatic heterocycles. The van der Waals surface area contributed by atoms with Gasteiger partial charge in [0.25, 0.3) is 5.91 Å². The maximum absolute atomic E-state index is 14.0. The first-order valence-electron chi connectivity index (χ1n) is 7.29. The second kappa shape index (κ2) is 5.99. The highest BCUT2D eigenvalue weighted by atomic mass is 19.1. The molecule has 2 fully saturated rings. The summed E-state index contributed by atoms with van der Waals surface area (Å²) in [6.45, 7) is 1.84. The van der Waals surface area contributed by atoms with Gasteiger partial charge in [0, 0.05) is 19.1 Å². The molecule has 3 rings (SSSR count). The van der Waals surface area contributed by atoms with Crippen LogP contribution in [0, 0.1) is 5.82 Å². The SMILES string of the molecule is CN1CCO[C@@H](C(=O)Nc2c(F)cccc2NC2CC2)C1. The molecule has 5 nitrogen and oxygen atoms in total. The molecule has 1 saturated heterocycles. The van der Waals surface area contributed by atoms with Crippen LogP contribution in [0.25, 0.3) is 0 Å². The molecule has 6 heteroatoms. The summed E-state index contributed by atoms with van der Waals surface area (Å²) in [6, 6.07) is 5.16. The van der Waals surface area contributed by atoms with E-state index < -0.39 is 11.9 Å². The molecule has 1 aliphatic carbocycles. The number of anilines is 2. The summed E-state index contributed by atoms with van der Waals surface area (Å²) in [5.41, 5.74) is 0.848. The Bertz CT molecular complexity index is 534. The molecule has 2 aliphatic rings. The van der Waals surface area contributed by atoms with Crippen molar-refractivity contribution in [2.45, 2.75) is 25.0 Å². The van der Waals surface area contributed by atoms with Crippen LogP contribution in [0.1, 0.15) is 12.8 Å². The number of rotatable bonds is 4. The first-order chi connectivity index (χ1) is 10.1. The predicted octanol–water partition coefficient (Wildman–Crippen LogP) is 1.67. The zero-order chi connectivity index (χ0) is 14.8. The fourth-order valence-corrected chi connectivity index (χ4v) is 2.36. The van der Waals surface area contributed by atoms with E-state index in [1.54, 1.807) is 12.1 Å². The minimum Gasteiger partial charge on any atom is -0.381 e. The van der Waals surface area contributed by atoms with Crippen molar-refractivity contribution < 1.29 is 13.9 Å². The average molecular weight is 293 g/mol. The quantitative estimate of drug-likeness (QED) is 0.886. The molecule has 0 radical (unpaired) electrons. The Morgan fingerprint density at radius 1 is 1.43 bits per heavy atom. The second-order valence-corrected chi connectivity index (χ2v) is 5.69. The summed E-state index contributed by atoms with van der Waals surface area (Å²) >= 11 is 0. The summed E-state index contributed by atoms with van der Waals surface area (Å²) in [6.07, 6.45) is 1.61. The Hall–Kier alpha value is -1.66. The zero-order valence-electron chi connectivity index (χ0n) is 12.1. The van der Waals surface area contributed by atoms with Gasteiger partial charge in [0.1, 0.15) is 17.6 Å². The smallest absolute Gasteiger partial charge is 0.254 e. The lowest BCUT2D eigenvalue weighted by atomic mass is 10.2. The predicted molar refractivity (Wildman–Crippen MR) is 78.9 cm³/mol. The minimum absolute atomic E-state index is 0.214. The topological polar surface area (TPSA) is 53.6 Å². The maximum Gasteiger partial charge on any atom is 0.254 e. The van der Waals surface area contributed by atoms with Gasteiger partial charge in [-0.2, -0.15) is 0 Å². The van der Waals surface area contributed by atoms with E-state index in [-0.39, 0.29) is 11.6 Å². The summed E-state index contributed by atoms with van der Waals surface area (Å²) in [5.74, 6) is -0.733. The van der Waals surface area contributed by atoms with Crippen LogP contribution in [0.15, 0.2) is 18.2 Å². The van der Waals surface area contributed by atoms with Crippen LogP contribution < -0.4 is 10.6 Å². The van der Waals surface area contributed by atoms with E-state index >= 15 is 0 Å². The number of likely N-dealkylation sites (N-methyl/N-ethyl adjacent to an activating group) is 1. The van der Waals surface area contributed by atoms with Crippen molar-refractivity contribution in [3.05, 3.63) is 24.0 Å². The number of morpholine rings is 1. The van der Waals surface area contributed by atoms with Crippen molar-refractivity contribution in [3.63, 3.8) is 0 Å². The number of nitrogens with zero attached hydrogens (tertiary/aromatic N) is 1. The Balaban J connectivity index is 1.72. The number of halogens is 1. The van der Waals surface area contributed by atoms with Crippen LogP contribution in [0.4, 0.5) is 15.8 Å². The van der Waals surface area contributed by atoms with E-state index in [4.69, 9.17) is 4.74 Å². The van der Waals surface area contributed by atoms with Crippen molar-refractivity contribution in [1.29, 1.82) is 0 Å². The molecule has 2 N–H and O–H groups in total. The Morgan fingerprint density at radius 3 is 2.95 bits per heavy atom. The lowest BCUT2D eigenvalue weighted by molar-refractivity contribution is -0.132. The van der Waals surface area contributed by atoms with Crippen molar-refractivity contribution in [1.82, 2.24) is 4.90 Å². The van der Waals surface area contributed by atoms with Gasteiger partial charge in [0.05, 0.1) is 12.3 Å². The highest BCUT2D eigenvalue weighted by molar-refractivity contribution is 5.97. The molecule has 1 saturated carbocycles. The number of ether oxygens (including phenoxy) is 1. The van der Waals surface area contributed by atoms with E-state index in [1.165, 1.54) is 6.07 Å². The third kappa shape index (κ3) is 3.51. The van der Waals surface area contributed by atoms with Crippen LogP contribution in [-0.4, -0.2) is 49.7 Å². The summed E-state index contributed by atoms with van der Waals surface area (Å²) in [5, 5.41) is 5.91. The van der Waals surface area contributed by atoms with Crippen LogP contribution >= 0.6 is 0 Å². The number of benzene rings is 1. The zero-order valence-corrected chi connectivity index (χ0v) is 12.1. The standard InChI is InChI=1S/C15H20FN3O2/c1-19-7-8-21-13(9-19)15(20)18-14-11(16)3-2-4-12(14)17-10-5-6-10/h2-4,10,13,17H,5-9H2,1H3,(H,18,20)/t13-/m1/s1. The molecule has 21 heavy (non-hydrogen) atoms. The molecular formula is C15H20FN3O2. The van der Waals surface area contributed by atoms with Gasteiger partial charge >= 0.3 is 0 Å². The normalized spacial score (nSPS) is 22.9. The molecule has 1 amide bonds. The van der Waals surface area contributed by atoms with Gasteiger partial charge in [0.2, 0.25) is 0 Å². The highest BCUT2D eigenvalue weighted by Gasteiger charge is 2.27. The second-order valence-electron chi connectivity index (χ2n) is 5.69. The van der Waals surface area contributed by atoms with E-state index in [0.29, 0.717) is 24.9 Å². The van der Waals surface area contributed by atoms with Crippen LogP contribution in [0.5, 0.6) is 0 Å². The Kier molecular flexibility index (Phi) is 4.07. The summed E-state index contributed by atoms with van der Waals surface area (Å²) in [4.78, 5) is 14.3. The molecule has 0 unspecified atom stereocenters. The molecule has 1 aromatic carbocycles. The Labute approximate surface area is 123 Å². The number of amides is 1. The molecular weight excluding hydrogens is 273 g/mol. The van der Waals surface area contributed by atoms with Gasteiger partial charge in [-0.05, 0) is 32.0 Å². The molecule has 1 aromatic rings. The molecule has 114 valence electrons. The first-order valence-corrected chi connectivity index (χ1v) is 7.29. The van der Waals surface area contributed by atoms with Gasteiger partial charge in [-0.25, -0.2) is 4.39 Å². The summed E-state index contributed by atoms with van der Waals surface area (Å²) < 4.78 is 19.5. The van der Waals surface area contributed by atoms with Crippen LogP contribution in [0.3, 0.4) is 0 Å².